The van der Waals surface area contributed by atoms with Crippen molar-refractivity contribution in [1.82, 2.24) is 14.1 Å². The van der Waals surface area contributed by atoms with E-state index in [-0.39, 0.29) is 12.5 Å². The molecular formula is C25H33N3O5S. The van der Waals surface area contributed by atoms with Crippen LogP contribution in [0.15, 0.2) is 47.4 Å². The van der Waals surface area contributed by atoms with Crippen LogP contribution >= 0.6 is 0 Å². The van der Waals surface area contributed by atoms with Gasteiger partial charge >= 0.3 is 0 Å². The molecule has 1 aliphatic heterocycles. The molecule has 4 rings (SSSR count). The molecule has 0 radical (unpaired) electrons. The number of likely N-dealkylation sites (N-methyl/N-ethyl adjacent to an activating group) is 1. The van der Waals surface area contributed by atoms with Crippen LogP contribution in [-0.2, 0) is 27.7 Å². The molecule has 0 unspecified atom stereocenters. The van der Waals surface area contributed by atoms with Crippen LogP contribution in [0.5, 0.6) is 11.5 Å². The maximum absolute atomic E-state index is 13.1. The number of para-hydroxylation sites is 2. The summed E-state index contributed by atoms with van der Waals surface area (Å²) in [6.07, 6.45) is 3.05. The normalized spacial score (nSPS) is 16.5. The number of benzene rings is 2. The summed E-state index contributed by atoms with van der Waals surface area (Å²) in [5.74, 6) is 1.34. The lowest BCUT2D eigenvalue weighted by molar-refractivity contribution is -0.133. The van der Waals surface area contributed by atoms with Crippen molar-refractivity contribution in [2.24, 2.45) is 0 Å². The molecule has 1 fully saturated rings. The van der Waals surface area contributed by atoms with Gasteiger partial charge in [-0.05, 0) is 61.7 Å². The molecule has 184 valence electrons. The largest absolute Gasteiger partial charge is 0.493 e. The molecule has 1 aliphatic carbocycles. The highest BCUT2D eigenvalue weighted by Crippen LogP contribution is 2.27. The van der Waals surface area contributed by atoms with Gasteiger partial charge in [-0.15, -0.1) is 0 Å². The number of amides is 1. The van der Waals surface area contributed by atoms with Gasteiger partial charge in [-0.2, -0.15) is 4.31 Å². The highest BCUT2D eigenvalue weighted by Gasteiger charge is 2.31. The van der Waals surface area contributed by atoms with E-state index in [2.05, 4.69) is 0 Å². The molecule has 0 saturated carbocycles. The Hall–Kier alpha value is -2.62. The van der Waals surface area contributed by atoms with E-state index in [0.29, 0.717) is 55.7 Å². The number of carbonyl (C=O) groups excluding carboxylic acids is 1. The second-order valence-electron chi connectivity index (χ2n) is 8.81. The Bertz CT molecular complexity index is 1110. The van der Waals surface area contributed by atoms with E-state index >= 15 is 0 Å². The van der Waals surface area contributed by atoms with E-state index in [1.54, 1.807) is 18.1 Å². The lowest BCUT2D eigenvalue weighted by atomic mass is 10.1. The Labute approximate surface area is 202 Å². The molecule has 34 heavy (non-hydrogen) atoms. The van der Waals surface area contributed by atoms with Crippen molar-refractivity contribution >= 4 is 15.9 Å². The summed E-state index contributed by atoms with van der Waals surface area (Å²) in [6.45, 7) is 2.68. The van der Waals surface area contributed by atoms with Crippen LogP contribution in [-0.4, -0.2) is 88.5 Å². The molecule has 0 bridgehead atoms. The third-order valence-corrected chi connectivity index (χ3v) is 8.40. The number of hydrogen-bond donors (Lipinski definition) is 0. The summed E-state index contributed by atoms with van der Waals surface area (Å²) < 4.78 is 38.8. The van der Waals surface area contributed by atoms with Gasteiger partial charge in [0, 0.05) is 32.7 Å². The third-order valence-electron chi connectivity index (χ3n) is 6.50. The van der Waals surface area contributed by atoms with Crippen LogP contribution in [0.2, 0.25) is 0 Å². The molecular weight excluding hydrogens is 454 g/mol. The van der Waals surface area contributed by atoms with E-state index in [4.69, 9.17) is 9.47 Å². The van der Waals surface area contributed by atoms with Gasteiger partial charge in [-0.1, -0.05) is 18.2 Å². The topological polar surface area (TPSA) is 79.4 Å². The molecule has 0 aromatic heterocycles. The van der Waals surface area contributed by atoms with Gasteiger partial charge in [-0.3, -0.25) is 9.69 Å². The monoisotopic (exact) mass is 487 g/mol. The van der Waals surface area contributed by atoms with Gasteiger partial charge in [0.15, 0.2) is 11.5 Å². The second-order valence-corrected chi connectivity index (χ2v) is 10.7. The smallest absolute Gasteiger partial charge is 0.243 e. The molecule has 9 heteroatoms. The Morgan fingerprint density at radius 3 is 2.44 bits per heavy atom. The van der Waals surface area contributed by atoms with Gasteiger partial charge in [0.2, 0.25) is 15.9 Å². The van der Waals surface area contributed by atoms with Crippen molar-refractivity contribution < 1.29 is 22.7 Å². The first-order valence-corrected chi connectivity index (χ1v) is 13.2. The molecule has 8 nitrogen and oxygen atoms in total. The standard InChI is InChI=1S/C25H33N3O5S/c1-26(16-17-33-24-9-4-3-8-23(24)32-2)19-25(29)27-12-14-28(15-13-27)34(30,31)22-11-10-20-6-5-7-21(20)18-22/h3-4,8-11,18H,5-7,12-17,19H2,1-2H3. The fourth-order valence-corrected chi connectivity index (χ4v) is 5.97. The summed E-state index contributed by atoms with van der Waals surface area (Å²) in [5.41, 5.74) is 2.40. The van der Waals surface area contributed by atoms with Crippen molar-refractivity contribution in [1.29, 1.82) is 0 Å². The SMILES string of the molecule is COc1ccccc1OCCN(C)CC(=O)N1CCN(S(=O)(=O)c2ccc3c(c2)CCC3)CC1. The summed E-state index contributed by atoms with van der Waals surface area (Å²) in [5, 5.41) is 0. The Kier molecular flexibility index (Phi) is 7.75. The molecule has 1 amide bonds. The minimum Gasteiger partial charge on any atom is -0.493 e. The van der Waals surface area contributed by atoms with Crippen LogP contribution in [0.4, 0.5) is 0 Å². The average molecular weight is 488 g/mol. The fraction of sp³-hybridized carbons (Fsp3) is 0.480. The third kappa shape index (κ3) is 5.54. The number of carbonyl (C=O) groups is 1. The molecule has 2 aromatic rings. The highest BCUT2D eigenvalue weighted by molar-refractivity contribution is 7.89. The van der Waals surface area contributed by atoms with Crippen molar-refractivity contribution in [3.05, 3.63) is 53.6 Å². The van der Waals surface area contributed by atoms with Crippen LogP contribution in [0, 0.1) is 0 Å². The molecule has 0 N–H and O–H groups in total. The van der Waals surface area contributed by atoms with Gasteiger partial charge in [-0.25, -0.2) is 8.42 Å². The highest BCUT2D eigenvalue weighted by atomic mass is 32.2. The minimum absolute atomic E-state index is 0.00521. The lowest BCUT2D eigenvalue weighted by Gasteiger charge is -2.34. The van der Waals surface area contributed by atoms with Crippen molar-refractivity contribution in [2.45, 2.75) is 24.2 Å². The van der Waals surface area contributed by atoms with E-state index in [0.717, 1.165) is 24.8 Å². The number of ether oxygens (including phenoxy) is 2. The maximum atomic E-state index is 13.1. The summed E-state index contributed by atoms with van der Waals surface area (Å²) in [6, 6.07) is 13.0. The number of hydrogen-bond acceptors (Lipinski definition) is 6. The van der Waals surface area contributed by atoms with Crippen molar-refractivity contribution in [2.75, 3.05) is 60.0 Å². The van der Waals surface area contributed by atoms with E-state index < -0.39 is 10.0 Å². The predicted molar refractivity (Wildman–Crippen MR) is 130 cm³/mol. The average Bonchev–Trinajstić information content (AvgIpc) is 3.32. The number of rotatable bonds is 9. The molecule has 0 spiro atoms. The lowest BCUT2D eigenvalue weighted by Crippen LogP contribution is -2.52. The molecule has 1 saturated heterocycles. The summed E-state index contributed by atoms with van der Waals surface area (Å²) in [7, 11) is -0.0678. The van der Waals surface area contributed by atoms with Gasteiger partial charge in [0.1, 0.15) is 6.61 Å². The number of methoxy groups -OCH3 is 1. The Balaban J connectivity index is 1.24. The quantitative estimate of drug-likeness (QED) is 0.539. The van der Waals surface area contributed by atoms with Gasteiger partial charge in [0.05, 0.1) is 18.6 Å². The zero-order valence-corrected chi connectivity index (χ0v) is 20.7. The first-order chi connectivity index (χ1) is 16.4. The van der Waals surface area contributed by atoms with Crippen LogP contribution in [0.3, 0.4) is 0 Å². The fourth-order valence-electron chi connectivity index (χ4n) is 4.50. The minimum atomic E-state index is -3.54. The van der Waals surface area contributed by atoms with E-state index in [1.807, 2.05) is 48.3 Å². The molecule has 1 heterocycles. The Morgan fingerprint density at radius 2 is 1.71 bits per heavy atom. The summed E-state index contributed by atoms with van der Waals surface area (Å²) >= 11 is 0. The first kappa shape index (κ1) is 24.5. The van der Waals surface area contributed by atoms with Gasteiger partial charge < -0.3 is 14.4 Å². The van der Waals surface area contributed by atoms with E-state index in [1.165, 1.54) is 9.87 Å². The Morgan fingerprint density at radius 1 is 1.00 bits per heavy atom. The molecule has 2 aromatic carbocycles. The number of aryl methyl sites for hydroxylation is 2. The zero-order chi connectivity index (χ0) is 24.1. The van der Waals surface area contributed by atoms with Crippen LogP contribution < -0.4 is 9.47 Å². The maximum Gasteiger partial charge on any atom is 0.243 e. The predicted octanol–water partition coefficient (Wildman–Crippen LogP) is 2.03. The molecule has 0 atom stereocenters. The number of nitrogens with zero attached hydrogens (tertiary/aromatic N) is 3. The van der Waals surface area contributed by atoms with Gasteiger partial charge in [0.25, 0.3) is 0 Å². The number of fused-ring (bicyclic) bond motifs is 1. The number of sulfonamides is 1. The van der Waals surface area contributed by atoms with Crippen LogP contribution in [0.1, 0.15) is 17.5 Å². The van der Waals surface area contributed by atoms with Crippen LogP contribution in [0.25, 0.3) is 0 Å². The molecule has 2 aliphatic rings. The van der Waals surface area contributed by atoms with Crippen molar-refractivity contribution in [3.63, 3.8) is 0 Å². The zero-order valence-electron chi connectivity index (χ0n) is 19.9. The second kappa shape index (κ2) is 10.8. The summed E-state index contributed by atoms with van der Waals surface area (Å²) in [4.78, 5) is 16.8. The first-order valence-electron chi connectivity index (χ1n) is 11.7. The van der Waals surface area contributed by atoms with E-state index in [9.17, 15) is 13.2 Å². The number of piperazine rings is 1. The van der Waals surface area contributed by atoms with Crippen molar-refractivity contribution in [3.8, 4) is 11.5 Å².